The average molecular weight is 349 g/mol. The van der Waals surface area contributed by atoms with Crippen LogP contribution in [0, 0.1) is 15.9 Å². The van der Waals surface area contributed by atoms with Crippen LogP contribution < -0.4 is 0 Å². The Morgan fingerprint density at radius 1 is 1.29 bits per heavy atom. The van der Waals surface area contributed by atoms with Crippen LogP contribution in [0.3, 0.4) is 0 Å². The molecule has 124 valence electrons. The lowest BCUT2D eigenvalue weighted by molar-refractivity contribution is -0.384. The van der Waals surface area contributed by atoms with Crippen molar-refractivity contribution in [3.8, 4) is 0 Å². The summed E-state index contributed by atoms with van der Waals surface area (Å²) in [6, 6.07) is 10.00. The topological polar surface area (TPSA) is 63.4 Å². The molecule has 1 aliphatic rings. The van der Waals surface area contributed by atoms with Crippen LogP contribution in [-0.4, -0.2) is 21.8 Å². The third-order valence-corrected chi connectivity index (χ3v) is 4.27. The first kappa shape index (κ1) is 16.4. The molecule has 0 radical (unpaired) electrons. The van der Waals surface area contributed by atoms with Crippen LogP contribution in [0.2, 0.25) is 5.02 Å². The summed E-state index contributed by atoms with van der Waals surface area (Å²) in [6.07, 6.45) is 1.65. The Bertz CT molecular complexity index is 808. The molecule has 0 heterocycles. The van der Waals surface area contributed by atoms with E-state index >= 15 is 0 Å². The van der Waals surface area contributed by atoms with Gasteiger partial charge < -0.3 is 4.90 Å². The van der Waals surface area contributed by atoms with Crippen LogP contribution >= 0.6 is 11.6 Å². The van der Waals surface area contributed by atoms with Crippen LogP contribution in [-0.2, 0) is 6.54 Å². The lowest BCUT2D eigenvalue weighted by Crippen LogP contribution is -2.33. The molecule has 1 aliphatic carbocycles. The molecule has 1 amide bonds. The highest BCUT2D eigenvalue weighted by molar-refractivity contribution is 6.33. The lowest BCUT2D eigenvalue weighted by atomic mass is 10.1. The van der Waals surface area contributed by atoms with Crippen molar-refractivity contribution in [3.63, 3.8) is 0 Å². The highest BCUT2D eigenvalue weighted by Gasteiger charge is 2.34. The lowest BCUT2D eigenvalue weighted by Gasteiger charge is -2.23. The standard InChI is InChI=1S/C17H14ClFN2O3/c18-15-8-7-13(21(23)24)9-14(15)17(22)20(12-5-6-12)10-11-3-1-2-4-16(11)19/h1-4,7-9,12H,5-6,10H2. The van der Waals surface area contributed by atoms with Crippen molar-refractivity contribution in [1.82, 2.24) is 4.90 Å². The van der Waals surface area contributed by atoms with E-state index in [0.717, 1.165) is 12.8 Å². The minimum atomic E-state index is -0.578. The van der Waals surface area contributed by atoms with E-state index in [4.69, 9.17) is 11.6 Å². The van der Waals surface area contributed by atoms with Crippen LogP contribution in [0.15, 0.2) is 42.5 Å². The number of nitrogens with zero attached hydrogens (tertiary/aromatic N) is 2. The minimum Gasteiger partial charge on any atom is -0.331 e. The molecule has 1 saturated carbocycles. The van der Waals surface area contributed by atoms with E-state index in [9.17, 15) is 19.3 Å². The van der Waals surface area contributed by atoms with Crippen molar-refractivity contribution in [2.24, 2.45) is 0 Å². The molecular weight excluding hydrogens is 335 g/mol. The zero-order valence-electron chi connectivity index (χ0n) is 12.6. The third-order valence-electron chi connectivity index (χ3n) is 3.94. The summed E-state index contributed by atoms with van der Waals surface area (Å²) < 4.78 is 13.9. The molecule has 2 aromatic rings. The van der Waals surface area contributed by atoms with Crippen molar-refractivity contribution in [2.45, 2.75) is 25.4 Å². The monoisotopic (exact) mass is 348 g/mol. The summed E-state index contributed by atoms with van der Waals surface area (Å²) in [5, 5.41) is 11.1. The second-order valence-corrected chi connectivity index (χ2v) is 6.08. The SMILES string of the molecule is O=C(c1cc([N+](=O)[O-])ccc1Cl)N(Cc1ccccc1F)C1CC1. The first-order valence-electron chi connectivity index (χ1n) is 7.45. The molecule has 0 N–H and O–H groups in total. The van der Waals surface area contributed by atoms with Crippen molar-refractivity contribution in [2.75, 3.05) is 0 Å². The molecule has 0 saturated heterocycles. The van der Waals surface area contributed by atoms with Gasteiger partial charge in [0.1, 0.15) is 5.82 Å². The van der Waals surface area contributed by atoms with Crippen molar-refractivity contribution < 1.29 is 14.1 Å². The molecule has 5 nitrogen and oxygen atoms in total. The third kappa shape index (κ3) is 3.38. The Hall–Kier alpha value is -2.47. The van der Waals surface area contributed by atoms with E-state index in [1.165, 1.54) is 29.2 Å². The van der Waals surface area contributed by atoms with E-state index in [1.807, 2.05) is 0 Å². The quantitative estimate of drug-likeness (QED) is 0.601. The van der Waals surface area contributed by atoms with Crippen LogP contribution in [0.1, 0.15) is 28.8 Å². The maximum atomic E-state index is 13.9. The Morgan fingerprint density at radius 2 is 2.00 bits per heavy atom. The molecular formula is C17H14ClFN2O3. The predicted molar refractivity (Wildman–Crippen MR) is 87.4 cm³/mol. The van der Waals surface area contributed by atoms with Gasteiger partial charge in [-0.25, -0.2) is 4.39 Å². The molecule has 0 bridgehead atoms. The first-order valence-corrected chi connectivity index (χ1v) is 7.83. The Kier molecular flexibility index (Phi) is 4.49. The number of benzene rings is 2. The highest BCUT2D eigenvalue weighted by Crippen LogP contribution is 2.32. The fraction of sp³-hybridized carbons (Fsp3) is 0.235. The summed E-state index contributed by atoms with van der Waals surface area (Å²) in [5.41, 5.74) is 0.262. The van der Waals surface area contributed by atoms with E-state index < -0.39 is 10.8 Å². The van der Waals surface area contributed by atoms with Gasteiger partial charge in [-0.15, -0.1) is 0 Å². The van der Waals surface area contributed by atoms with Crippen LogP contribution in [0.4, 0.5) is 10.1 Å². The van der Waals surface area contributed by atoms with Crippen LogP contribution in [0.25, 0.3) is 0 Å². The molecule has 0 atom stereocenters. The number of nitro groups is 1. The van der Waals surface area contributed by atoms with E-state index in [-0.39, 0.29) is 34.7 Å². The number of amides is 1. The summed E-state index contributed by atoms with van der Waals surface area (Å²) in [5.74, 6) is -0.810. The van der Waals surface area contributed by atoms with Crippen LogP contribution in [0.5, 0.6) is 0 Å². The smallest absolute Gasteiger partial charge is 0.270 e. The van der Waals surface area contributed by atoms with Gasteiger partial charge in [-0.2, -0.15) is 0 Å². The number of halogens is 2. The molecule has 0 aromatic heterocycles. The van der Waals surface area contributed by atoms with Gasteiger partial charge in [0.15, 0.2) is 0 Å². The Morgan fingerprint density at radius 3 is 2.62 bits per heavy atom. The van der Waals surface area contributed by atoms with Gasteiger partial charge in [-0.3, -0.25) is 14.9 Å². The fourth-order valence-corrected chi connectivity index (χ4v) is 2.71. The van der Waals surface area contributed by atoms with E-state index in [2.05, 4.69) is 0 Å². The van der Waals surface area contributed by atoms with Gasteiger partial charge in [-0.05, 0) is 25.0 Å². The number of carbonyl (C=O) groups excluding carboxylic acids is 1. The van der Waals surface area contributed by atoms with Gasteiger partial charge in [0, 0.05) is 30.3 Å². The Labute approximate surface area is 142 Å². The summed E-state index contributed by atoms with van der Waals surface area (Å²) in [4.78, 5) is 24.7. The first-order chi connectivity index (χ1) is 11.5. The van der Waals surface area contributed by atoms with Crippen molar-refractivity contribution in [1.29, 1.82) is 0 Å². The summed E-state index contributed by atoms with van der Waals surface area (Å²) in [6.45, 7) is 0.106. The molecule has 3 rings (SSSR count). The normalized spacial score (nSPS) is 13.6. The zero-order chi connectivity index (χ0) is 17.3. The molecule has 0 aliphatic heterocycles. The van der Waals surface area contributed by atoms with Gasteiger partial charge in [0.25, 0.3) is 11.6 Å². The second-order valence-electron chi connectivity index (χ2n) is 5.68. The summed E-state index contributed by atoms with van der Waals surface area (Å²) >= 11 is 6.06. The fourth-order valence-electron chi connectivity index (χ4n) is 2.51. The largest absolute Gasteiger partial charge is 0.331 e. The number of hydrogen-bond donors (Lipinski definition) is 0. The number of rotatable bonds is 5. The Balaban J connectivity index is 1.92. The molecule has 1 fully saturated rings. The average Bonchev–Trinajstić information content (AvgIpc) is 3.38. The van der Waals surface area contributed by atoms with Crippen molar-refractivity contribution >= 4 is 23.2 Å². The molecule has 2 aromatic carbocycles. The minimum absolute atomic E-state index is 0.00688. The number of hydrogen-bond acceptors (Lipinski definition) is 3. The number of carbonyl (C=O) groups is 1. The van der Waals surface area contributed by atoms with Gasteiger partial charge in [0.2, 0.25) is 0 Å². The van der Waals surface area contributed by atoms with Gasteiger partial charge >= 0.3 is 0 Å². The van der Waals surface area contributed by atoms with Gasteiger partial charge in [-0.1, -0.05) is 29.8 Å². The second kappa shape index (κ2) is 6.57. The van der Waals surface area contributed by atoms with E-state index in [1.54, 1.807) is 18.2 Å². The molecule has 7 heteroatoms. The zero-order valence-corrected chi connectivity index (χ0v) is 13.4. The van der Waals surface area contributed by atoms with E-state index in [0.29, 0.717) is 5.56 Å². The number of nitro benzene ring substituents is 1. The summed E-state index contributed by atoms with van der Waals surface area (Å²) in [7, 11) is 0. The van der Waals surface area contributed by atoms with Gasteiger partial charge in [0.05, 0.1) is 15.5 Å². The molecule has 24 heavy (non-hydrogen) atoms. The predicted octanol–water partition coefficient (Wildman–Crippen LogP) is 4.19. The molecule has 0 unspecified atom stereocenters. The van der Waals surface area contributed by atoms with Crippen molar-refractivity contribution in [3.05, 3.63) is 74.5 Å². The number of non-ortho nitro benzene ring substituents is 1. The molecule has 0 spiro atoms. The maximum absolute atomic E-state index is 13.9. The highest BCUT2D eigenvalue weighted by atomic mass is 35.5. The maximum Gasteiger partial charge on any atom is 0.270 e.